The van der Waals surface area contributed by atoms with Crippen molar-refractivity contribution in [1.82, 2.24) is 0 Å². The molecule has 0 aromatic heterocycles. The molecule has 0 unspecified atom stereocenters. The second-order valence-corrected chi connectivity index (χ2v) is 3.68. The van der Waals surface area contributed by atoms with Gasteiger partial charge < -0.3 is 9.47 Å². The lowest BCUT2D eigenvalue weighted by Crippen LogP contribution is -2.25. The Morgan fingerprint density at radius 2 is 1.93 bits per heavy atom. The Morgan fingerprint density at radius 3 is 2.33 bits per heavy atom. The van der Waals surface area contributed by atoms with Crippen LogP contribution in [0.3, 0.4) is 0 Å². The molecule has 0 fully saturated rings. The minimum Gasteiger partial charge on any atom is -0.469 e. The highest BCUT2D eigenvalue weighted by atomic mass is 16.5. The monoisotopic (exact) mass is 216 g/mol. The fraction of sp³-hybridized carbons (Fsp3) is 0.818. The van der Waals surface area contributed by atoms with Gasteiger partial charge in [0.2, 0.25) is 0 Å². The van der Waals surface area contributed by atoms with Crippen molar-refractivity contribution in [3.05, 3.63) is 0 Å². The van der Waals surface area contributed by atoms with Crippen LogP contribution in [0.25, 0.3) is 0 Å². The third-order valence-corrected chi connectivity index (χ3v) is 3.07. The zero-order valence-corrected chi connectivity index (χ0v) is 9.75. The second-order valence-electron chi connectivity index (χ2n) is 3.68. The molecule has 0 amide bonds. The maximum atomic E-state index is 11.2. The van der Waals surface area contributed by atoms with Crippen molar-refractivity contribution in [2.45, 2.75) is 39.5 Å². The summed E-state index contributed by atoms with van der Waals surface area (Å²) in [4.78, 5) is 21.3. The standard InChI is InChI=1S/C11H20O4/c1-4-11(5-2,6-7-15-9-12)8-10(13)14-3/h9H,4-8H2,1-3H3. The van der Waals surface area contributed by atoms with Crippen molar-refractivity contribution in [2.24, 2.45) is 5.41 Å². The van der Waals surface area contributed by atoms with Crippen LogP contribution < -0.4 is 0 Å². The molecule has 0 aliphatic rings. The molecule has 15 heavy (non-hydrogen) atoms. The van der Waals surface area contributed by atoms with E-state index in [0.29, 0.717) is 25.9 Å². The highest BCUT2D eigenvalue weighted by molar-refractivity contribution is 5.70. The van der Waals surface area contributed by atoms with E-state index in [-0.39, 0.29) is 11.4 Å². The lowest BCUT2D eigenvalue weighted by molar-refractivity contribution is -0.144. The van der Waals surface area contributed by atoms with Crippen LogP contribution >= 0.6 is 0 Å². The van der Waals surface area contributed by atoms with Gasteiger partial charge >= 0.3 is 5.97 Å². The molecule has 0 rings (SSSR count). The molecule has 0 aromatic carbocycles. The average Bonchev–Trinajstić information content (AvgIpc) is 2.27. The smallest absolute Gasteiger partial charge is 0.306 e. The Labute approximate surface area is 90.9 Å². The molecule has 0 N–H and O–H groups in total. The summed E-state index contributed by atoms with van der Waals surface area (Å²) in [7, 11) is 1.39. The predicted molar refractivity (Wildman–Crippen MR) is 56.3 cm³/mol. The maximum Gasteiger partial charge on any atom is 0.306 e. The van der Waals surface area contributed by atoms with Gasteiger partial charge in [0.25, 0.3) is 6.47 Å². The summed E-state index contributed by atoms with van der Waals surface area (Å²) in [5, 5.41) is 0. The lowest BCUT2D eigenvalue weighted by atomic mass is 9.76. The van der Waals surface area contributed by atoms with Gasteiger partial charge in [-0.05, 0) is 24.7 Å². The molecule has 4 heteroatoms. The van der Waals surface area contributed by atoms with E-state index in [1.165, 1.54) is 7.11 Å². The van der Waals surface area contributed by atoms with Gasteiger partial charge in [0.1, 0.15) is 0 Å². The number of carbonyl (C=O) groups excluding carboxylic acids is 2. The molecule has 0 heterocycles. The van der Waals surface area contributed by atoms with Gasteiger partial charge in [0, 0.05) is 0 Å². The van der Waals surface area contributed by atoms with Crippen LogP contribution in [-0.2, 0) is 19.1 Å². The number of hydrogen-bond donors (Lipinski definition) is 0. The Bertz CT molecular complexity index is 197. The van der Waals surface area contributed by atoms with Crippen LogP contribution in [0.2, 0.25) is 0 Å². The summed E-state index contributed by atoms with van der Waals surface area (Å²) in [5.41, 5.74) is -0.101. The van der Waals surface area contributed by atoms with E-state index in [0.717, 1.165) is 12.8 Å². The molecule has 88 valence electrons. The van der Waals surface area contributed by atoms with E-state index in [2.05, 4.69) is 9.47 Å². The first-order valence-corrected chi connectivity index (χ1v) is 5.26. The minimum absolute atomic E-state index is 0.101. The second kappa shape index (κ2) is 7.26. The van der Waals surface area contributed by atoms with Crippen molar-refractivity contribution in [1.29, 1.82) is 0 Å². The van der Waals surface area contributed by atoms with Crippen LogP contribution in [0.1, 0.15) is 39.5 Å². The molecule has 0 saturated carbocycles. The van der Waals surface area contributed by atoms with Crippen molar-refractivity contribution in [2.75, 3.05) is 13.7 Å². The number of hydrogen-bond acceptors (Lipinski definition) is 4. The van der Waals surface area contributed by atoms with Crippen molar-refractivity contribution in [3.8, 4) is 0 Å². The largest absolute Gasteiger partial charge is 0.469 e. The highest BCUT2D eigenvalue weighted by Crippen LogP contribution is 2.34. The van der Waals surface area contributed by atoms with Crippen LogP contribution in [0.4, 0.5) is 0 Å². The number of esters is 1. The minimum atomic E-state index is -0.204. The van der Waals surface area contributed by atoms with Gasteiger partial charge in [-0.1, -0.05) is 13.8 Å². The highest BCUT2D eigenvalue weighted by Gasteiger charge is 2.29. The van der Waals surface area contributed by atoms with Crippen molar-refractivity contribution in [3.63, 3.8) is 0 Å². The average molecular weight is 216 g/mol. The summed E-state index contributed by atoms with van der Waals surface area (Å²) in [6.07, 6.45) is 2.84. The summed E-state index contributed by atoms with van der Waals surface area (Å²) < 4.78 is 9.34. The van der Waals surface area contributed by atoms with Gasteiger partial charge in [-0.15, -0.1) is 0 Å². The number of methoxy groups -OCH3 is 1. The van der Waals surface area contributed by atoms with Crippen molar-refractivity contribution < 1.29 is 19.1 Å². The molecule has 0 bridgehead atoms. The Hall–Kier alpha value is -1.06. The third kappa shape index (κ3) is 4.81. The first kappa shape index (κ1) is 13.9. The molecule has 0 aliphatic heterocycles. The van der Waals surface area contributed by atoms with Gasteiger partial charge in [0.05, 0.1) is 20.1 Å². The molecular formula is C11H20O4. The summed E-state index contributed by atoms with van der Waals surface area (Å²) in [6.45, 7) is 4.87. The quantitative estimate of drug-likeness (QED) is 0.353. The number of rotatable bonds is 8. The number of ether oxygens (including phenoxy) is 2. The Balaban J connectivity index is 4.28. The molecule has 4 nitrogen and oxygen atoms in total. The van der Waals surface area contributed by atoms with Crippen LogP contribution in [0.15, 0.2) is 0 Å². The maximum absolute atomic E-state index is 11.2. The van der Waals surface area contributed by atoms with Gasteiger partial charge in [-0.2, -0.15) is 0 Å². The summed E-state index contributed by atoms with van der Waals surface area (Å²) >= 11 is 0. The number of carbonyl (C=O) groups is 2. The van der Waals surface area contributed by atoms with E-state index in [9.17, 15) is 9.59 Å². The topological polar surface area (TPSA) is 52.6 Å². The third-order valence-electron chi connectivity index (χ3n) is 3.07. The van der Waals surface area contributed by atoms with Gasteiger partial charge in [-0.25, -0.2) is 0 Å². The zero-order chi connectivity index (χ0) is 11.7. The van der Waals surface area contributed by atoms with Crippen LogP contribution in [0.5, 0.6) is 0 Å². The van der Waals surface area contributed by atoms with Crippen molar-refractivity contribution >= 4 is 12.4 Å². The van der Waals surface area contributed by atoms with E-state index in [1.54, 1.807) is 0 Å². The molecule has 0 radical (unpaired) electrons. The predicted octanol–water partition coefficient (Wildman–Crippen LogP) is 1.92. The molecule has 0 aliphatic carbocycles. The van der Waals surface area contributed by atoms with E-state index in [1.807, 2.05) is 13.8 Å². The van der Waals surface area contributed by atoms with E-state index in [4.69, 9.17) is 0 Å². The molecule has 0 spiro atoms. The molecule has 0 saturated heterocycles. The first-order chi connectivity index (χ1) is 7.14. The molecular weight excluding hydrogens is 196 g/mol. The van der Waals surface area contributed by atoms with E-state index < -0.39 is 0 Å². The zero-order valence-electron chi connectivity index (χ0n) is 9.75. The molecule has 0 atom stereocenters. The van der Waals surface area contributed by atoms with Gasteiger partial charge in [-0.3, -0.25) is 9.59 Å². The Morgan fingerprint density at radius 1 is 1.33 bits per heavy atom. The fourth-order valence-corrected chi connectivity index (χ4v) is 1.64. The normalized spacial score (nSPS) is 10.9. The molecule has 0 aromatic rings. The van der Waals surface area contributed by atoms with Crippen LogP contribution in [-0.4, -0.2) is 26.2 Å². The van der Waals surface area contributed by atoms with Crippen LogP contribution in [0, 0.1) is 5.41 Å². The Kier molecular flexibility index (Phi) is 6.75. The SMILES string of the molecule is CCC(CC)(CCOC=O)CC(=O)OC. The first-order valence-electron chi connectivity index (χ1n) is 5.26. The van der Waals surface area contributed by atoms with E-state index >= 15 is 0 Å². The van der Waals surface area contributed by atoms with Gasteiger partial charge in [0.15, 0.2) is 0 Å². The summed E-state index contributed by atoms with van der Waals surface area (Å²) in [6, 6.07) is 0. The summed E-state index contributed by atoms with van der Waals surface area (Å²) in [5.74, 6) is -0.204. The fourth-order valence-electron chi connectivity index (χ4n) is 1.64. The lowest BCUT2D eigenvalue weighted by Gasteiger charge is -2.29.